The minimum Gasteiger partial charge on any atom is -0.375 e. The zero-order valence-corrected chi connectivity index (χ0v) is 13.1. The van der Waals surface area contributed by atoms with Gasteiger partial charge in [-0.05, 0) is 17.7 Å². The Hall–Kier alpha value is -1.53. The van der Waals surface area contributed by atoms with Crippen molar-refractivity contribution in [3.63, 3.8) is 0 Å². The number of nitrogens with one attached hydrogen (secondary N) is 1. The molecule has 1 atom stereocenters. The Balaban J connectivity index is 2.87. The van der Waals surface area contributed by atoms with E-state index in [-0.39, 0.29) is 13.2 Å². The van der Waals surface area contributed by atoms with Crippen LogP contribution in [-0.4, -0.2) is 23.1 Å². The maximum Gasteiger partial charge on any atom is 0.372 e. The molecule has 0 aromatic heterocycles. The number of halogens is 3. The van der Waals surface area contributed by atoms with Gasteiger partial charge in [0.15, 0.2) is 0 Å². The molecule has 0 spiro atoms. The summed E-state index contributed by atoms with van der Waals surface area (Å²) in [5.74, 6) is -1.39. The van der Waals surface area contributed by atoms with E-state index < -0.39 is 15.9 Å². The van der Waals surface area contributed by atoms with Gasteiger partial charge in [-0.2, -0.15) is 14.0 Å². The molecule has 0 heterocycles. The summed E-state index contributed by atoms with van der Waals surface area (Å²) in [6.07, 6.45) is 1.52. The molecule has 0 saturated carbocycles. The third kappa shape index (κ3) is 5.77. The van der Waals surface area contributed by atoms with E-state index in [1.165, 1.54) is 6.08 Å². The van der Waals surface area contributed by atoms with Crippen molar-refractivity contribution in [1.29, 1.82) is 5.26 Å². The summed E-state index contributed by atoms with van der Waals surface area (Å²) >= 11 is 0.766. The minimum atomic E-state index is -3.50. The number of nitriles is 1. The normalized spacial score (nSPS) is 12.3. The van der Waals surface area contributed by atoms with Crippen molar-refractivity contribution in [2.24, 2.45) is 0 Å². The summed E-state index contributed by atoms with van der Waals surface area (Å²) in [7, 11) is 0. The van der Waals surface area contributed by atoms with Crippen LogP contribution in [0.25, 0.3) is 0 Å². The van der Waals surface area contributed by atoms with Crippen LogP contribution in [0.4, 0.5) is 8.78 Å². The molecule has 0 fully saturated rings. The molecule has 0 aliphatic carbocycles. The van der Waals surface area contributed by atoms with Gasteiger partial charge in [-0.15, -0.1) is 6.58 Å². The van der Waals surface area contributed by atoms with Crippen LogP contribution in [-0.2, 0) is 9.53 Å². The molecular formula is C14H13F2IN2O2. The molecule has 21 heavy (non-hydrogen) atoms. The number of hydrogen-bond donors (Lipinski definition) is 1. The number of hydrogen-bond acceptors (Lipinski definition) is 3. The zero-order chi connectivity index (χ0) is 15.9. The van der Waals surface area contributed by atoms with Crippen molar-refractivity contribution in [2.75, 3.05) is 13.2 Å². The predicted octanol–water partition coefficient (Wildman–Crippen LogP) is 2.95. The van der Waals surface area contributed by atoms with Gasteiger partial charge >= 0.3 is 9.84 Å². The molecule has 1 amide bonds. The van der Waals surface area contributed by atoms with Gasteiger partial charge in [-0.25, -0.2) is 0 Å². The molecule has 0 saturated heterocycles. The fourth-order valence-electron chi connectivity index (χ4n) is 1.52. The smallest absolute Gasteiger partial charge is 0.372 e. The van der Waals surface area contributed by atoms with E-state index in [1.807, 2.05) is 6.07 Å². The van der Waals surface area contributed by atoms with Crippen molar-refractivity contribution in [3.05, 3.63) is 48.0 Å². The van der Waals surface area contributed by atoms with E-state index in [9.17, 15) is 13.6 Å². The lowest BCUT2D eigenvalue weighted by Crippen LogP contribution is -2.39. The van der Waals surface area contributed by atoms with Crippen LogP contribution in [0.15, 0.2) is 36.9 Å². The van der Waals surface area contributed by atoms with Crippen LogP contribution in [0.2, 0.25) is 0 Å². The first-order chi connectivity index (χ1) is 9.88. The maximum absolute atomic E-state index is 13.0. The molecular weight excluding hydrogens is 393 g/mol. The van der Waals surface area contributed by atoms with Gasteiger partial charge in [0.05, 0.1) is 30.9 Å². The zero-order valence-electron chi connectivity index (χ0n) is 11.0. The Morgan fingerprint density at radius 3 is 2.62 bits per heavy atom. The number of benzene rings is 1. The Labute approximate surface area is 134 Å². The first-order valence-electron chi connectivity index (χ1n) is 5.95. The lowest BCUT2D eigenvalue weighted by Gasteiger charge is -2.20. The Bertz CT molecular complexity index is 535. The standard InChI is InChI=1S/C14H13F2IN2O2/c1-2-7-21-9-12(19-13(20)14(15,16)17)11-5-3-10(8-18)4-6-11/h2-6,12H,1,7,9H2,(H,19,20). The summed E-state index contributed by atoms with van der Waals surface area (Å²) in [5, 5.41) is 11.0. The highest BCUT2D eigenvalue weighted by Gasteiger charge is 2.36. The number of nitrogens with zero attached hydrogens (tertiary/aromatic N) is 1. The lowest BCUT2D eigenvalue weighted by molar-refractivity contribution is -0.134. The molecule has 1 rings (SSSR count). The average molecular weight is 406 g/mol. The average Bonchev–Trinajstić information content (AvgIpc) is 2.45. The van der Waals surface area contributed by atoms with Crippen LogP contribution >= 0.6 is 22.6 Å². The first kappa shape index (κ1) is 17.5. The number of carbonyl (C=O) groups is 1. The molecule has 4 nitrogen and oxygen atoms in total. The maximum atomic E-state index is 13.0. The van der Waals surface area contributed by atoms with Gasteiger partial charge in [0, 0.05) is 22.6 Å². The number of ether oxygens (including phenoxy) is 1. The minimum absolute atomic E-state index is 0.0242. The highest BCUT2D eigenvalue weighted by molar-refractivity contribution is 14.1. The van der Waals surface area contributed by atoms with Crippen molar-refractivity contribution in [2.45, 2.75) is 9.97 Å². The summed E-state index contributed by atoms with van der Waals surface area (Å²) in [4.78, 5) is 11.4. The second-order valence-electron chi connectivity index (χ2n) is 4.08. The van der Waals surface area contributed by atoms with Gasteiger partial charge in [0.2, 0.25) is 0 Å². The second kappa shape index (κ2) is 8.05. The van der Waals surface area contributed by atoms with Crippen LogP contribution in [0.1, 0.15) is 17.2 Å². The molecule has 0 aliphatic rings. The monoisotopic (exact) mass is 406 g/mol. The molecule has 1 aromatic carbocycles. The fourth-order valence-corrected chi connectivity index (χ4v) is 1.68. The SMILES string of the molecule is C=CCOCC(NC(=O)C(F)(F)I)c1ccc(C#N)cc1. The van der Waals surface area contributed by atoms with E-state index in [0.29, 0.717) is 11.1 Å². The molecule has 0 bridgehead atoms. The summed E-state index contributed by atoms with van der Waals surface area (Å²) in [6, 6.07) is 7.50. The van der Waals surface area contributed by atoms with Crippen molar-refractivity contribution in [1.82, 2.24) is 5.32 Å². The van der Waals surface area contributed by atoms with Crippen molar-refractivity contribution in [3.8, 4) is 6.07 Å². The predicted molar refractivity (Wildman–Crippen MR) is 82.0 cm³/mol. The van der Waals surface area contributed by atoms with E-state index >= 15 is 0 Å². The van der Waals surface area contributed by atoms with Gasteiger partial charge in [0.25, 0.3) is 0 Å². The fraction of sp³-hybridized carbons (Fsp3) is 0.286. The molecule has 1 unspecified atom stereocenters. The van der Waals surface area contributed by atoms with Gasteiger partial charge in [-0.3, -0.25) is 4.79 Å². The number of alkyl halides is 3. The third-order valence-electron chi connectivity index (χ3n) is 2.53. The van der Waals surface area contributed by atoms with Gasteiger partial charge in [0.1, 0.15) is 0 Å². The largest absolute Gasteiger partial charge is 0.375 e. The van der Waals surface area contributed by atoms with Crippen LogP contribution in [0.5, 0.6) is 0 Å². The van der Waals surface area contributed by atoms with E-state index in [1.54, 1.807) is 24.3 Å². The van der Waals surface area contributed by atoms with Crippen LogP contribution < -0.4 is 5.32 Å². The van der Waals surface area contributed by atoms with Crippen LogP contribution in [0, 0.1) is 11.3 Å². The number of rotatable bonds is 7. The summed E-state index contributed by atoms with van der Waals surface area (Å²) in [6.45, 7) is 3.75. The van der Waals surface area contributed by atoms with Gasteiger partial charge in [-0.1, -0.05) is 18.2 Å². The summed E-state index contributed by atoms with van der Waals surface area (Å²) in [5.41, 5.74) is 1.02. The highest BCUT2D eigenvalue weighted by Crippen LogP contribution is 2.24. The van der Waals surface area contributed by atoms with Crippen LogP contribution in [0.3, 0.4) is 0 Å². The van der Waals surface area contributed by atoms with E-state index in [4.69, 9.17) is 10.00 Å². The van der Waals surface area contributed by atoms with E-state index in [0.717, 1.165) is 22.6 Å². The Kier molecular flexibility index (Phi) is 6.71. The number of carbonyl (C=O) groups excluding carboxylic acids is 1. The highest BCUT2D eigenvalue weighted by atomic mass is 127. The Morgan fingerprint density at radius 2 is 2.14 bits per heavy atom. The van der Waals surface area contributed by atoms with Crippen molar-refractivity contribution >= 4 is 28.5 Å². The molecule has 7 heteroatoms. The molecule has 0 radical (unpaired) electrons. The molecule has 112 valence electrons. The van der Waals surface area contributed by atoms with Crippen molar-refractivity contribution < 1.29 is 18.3 Å². The topological polar surface area (TPSA) is 62.1 Å². The lowest BCUT2D eigenvalue weighted by atomic mass is 10.1. The second-order valence-corrected chi connectivity index (χ2v) is 5.44. The quantitative estimate of drug-likeness (QED) is 0.328. The van der Waals surface area contributed by atoms with Gasteiger partial charge < -0.3 is 10.1 Å². The third-order valence-corrected chi connectivity index (χ3v) is 3.02. The first-order valence-corrected chi connectivity index (χ1v) is 7.02. The Morgan fingerprint density at radius 1 is 1.52 bits per heavy atom. The van der Waals surface area contributed by atoms with E-state index in [2.05, 4.69) is 11.9 Å². The summed E-state index contributed by atoms with van der Waals surface area (Å²) < 4.78 is 27.7. The molecule has 1 aromatic rings. The molecule has 1 N–H and O–H groups in total. The molecule has 0 aliphatic heterocycles. The number of amides is 1.